The molecule has 0 bridgehead atoms. The molecule has 0 heterocycles. The van der Waals surface area contributed by atoms with Gasteiger partial charge < -0.3 is 37.6 Å². The van der Waals surface area contributed by atoms with Crippen LogP contribution in [-0.4, -0.2) is 70.6 Å². The van der Waals surface area contributed by atoms with Crippen molar-refractivity contribution in [3.8, 4) is 0 Å². The minimum atomic E-state index is -1.19. The number of hydrogen-bond acceptors (Lipinski definition) is 7. The fourth-order valence-electron chi connectivity index (χ4n) is 2.62. The second-order valence-electron chi connectivity index (χ2n) is 7.68. The Labute approximate surface area is 181 Å². The van der Waals surface area contributed by atoms with Crippen molar-refractivity contribution in [1.29, 1.82) is 0 Å². The van der Waals surface area contributed by atoms with Gasteiger partial charge in [-0.2, -0.15) is 0 Å². The summed E-state index contributed by atoms with van der Waals surface area (Å²) < 4.78 is 0. The zero-order chi connectivity index (χ0) is 24.1. The number of nitrogens with two attached hydrogens (primary N) is 2. The van der Waals surface area contributed by atoms with E-state index in [0.29, 0.717) is 19.4 Å². The van der Waals surface area contributed by atoms with Crippen molar-refractivity contribution in [2.75, 3.05) is 6.54 Å². The van der Waals surface area contributed by atoms with Crippen LogP contribution in [0.3, 0.4) is 0 Å². The lowest BCUT2D eigenvalue weighted by Gasteiger charge is -2.25. The highest BCUT2D eigenvalue weighted by molar-refractivity contribution is 5.94. The van der Waals surface area contributed by atoms with Crippen LogP contribution in [0.15, 0.2) is 0 Å². The first kappa shape index (κ1) is 28.3. The van der Waals surface area contributed by atoms with Gasteiger partial charge in [0.05, 0.1) is 6.04 Å². The predicted octanol–water partition coefficient (Wildman–Crippen LogP) is -1.48. The molecule has 0 aliphatic heterocycles. The maximum atomic E-state index is 12.6. The van der Waals surface area contributed by atoms with Gasteiger partial charge in [0.15, 0.2) is 0 Å². The van der Waals surface area contributed by atoms with E-state index >= 15 is 0 Å². The molecule has 0 saturated heterocycles. The van der Waals surface area contributed by atoms with Crippen LogP contribution in [0.1, 0.15) is 52.9 Å². The second-order valence-corrected chi connectivity index (χ2v) is 7.68. The van der Waals surface area contributed by atoms with Gasteiger partial charge in [-0.15, -0.1) is 0 Å². The van der Waals surface area contributed by atoms with E-state index in [1.54, 1.807) is 13.8 Å². The van der Waals surface area contributed by atoms with Crippen molar-refractivity contribution < 1.29 is 34.2 Å². The Morgan fingerprint density at radius 1 is 0.839 bits per heavy atom. The summed E-state index contributed by atoms with van der Waals surface area (Å²) in [4.78, 5) is 59.0. The van der Waals surface area contributed by atoms with Gasteiger partial charge in [-0.1, -0.05) is 13.8 Å². The number of carboxylic acid groups (broad SMARTS) is 2. The normalized spacial score (nSPS) is 14.8. The summed E-state index contributed by atoms with van der Waals surface area (Å²) in [6.07, 6.45) is 0.972. The summed E-state index contributed by atoms with van der Waals surface area (Å²) in [5, 5.41) is 25.2. The predicted molar refractivity (Wildman–Crippen MR) is 112 cm³/mol. The van der Waals surface area contributed by atoms with E-state index in [4.69, 9.17) is 16.6 Å². The lowest BCUT2D eigenvalue weighted by Crippen LogP contribution is -2.57. The molecule has 0 aromatic rings. The fraction of sp³-hybridized carbons (Fsp3) is 0.737. The Kier molecular flexibility index (Phi) is 13.0. The van der Waals surface area contributed by atoms with Crippen molar-refractivity contribution >= 4 is 29.7 Å². The number of carbonyl (C=O) groups excluding carboxylic acids is 3. The van der Waals surface area contributed by atoms with E-state index in [9.17, 15) is 29.1 Å². The van der Waals surface area contributed by atoms with Crippen LogP contribution < -0.4 is 27.4 Å². The SMILES string of the molecule is CC(NC(=O)C(NC(=O)C(N)CCC(=O)O)C(C)C)C(=O)NC(CCCCN)C(=O)O. The van der Waals surface area contributed by atoms with E-state index in [-0.39, 0.29) is 25.2 Å². The quantitative estimate of drug-likeness (QED) is 0.146. The van der Waals surface area contributed by atoms with Gasteiger partial charge in [0.1, 0.15) is 18.1 Å². The molecule has 0 spiro atoms. The smallest absolute Gasteiger partial charge is 0.326 e. The van der Waals surface area contributed by atoms with E-state index in [1.165, 1.54) is 6.92 Å². The molecule has 0 aromatic carbocycles. The Morgan fingerprint density at radius 2 is 1.45 bits per heavy atom. The van der Waals surface area contributed by atoms with Gasteiger partial charge in [-0.05, 0) is 45.1 Å². The Morgan fingerprint density at radius 3 is 1.94 bits per heavy atom. The number of nitrogens with one attached hydrogen (secondary N) is 3. The summed E-state index contributed by atoms with van der Waals surface area (Å²) in [7, 11) is 0. The average Bonchev–Trinajstić information content (AvgIpc) is 2.68. The number of carbonyl (C=O) groups is 5. The van der Waals surface area contributed by atoms with E-state index in [0.717, 1.165) is 0 Å². The van der Waals surface area contributed by atoms with Crippen molar-refractivity contribution in [3.05, 3.63) is 0 Å². The van der Waals surface area contributed by atoms with Crippen LogP contribution in [0.25, 0.3) is 0 Å². The maximum Gasteiger partial charge on any atom is 0.326 e. The minimum absolute atomic E-state index is 0.0901. The molecule has 0 aromatic heterocycles. The number of hydrogen-bond donors (Lipinski definition) is 7. The van der Waals surface area contributed by atoms with Crippen LogP contribution in [0, 0.1) is 5.92 Å². The molecule has 0 fully saturated rings. The largest absolute Gasteiger partial charge is 0.481 e. The van der Waals surface area contributed by atoms with E-state index in [2.05, 4.69) is 16.0 Å². The van der Waals surface area contributed by atoms with Gasteiger partial charge in [0.25, 0.3) is 0 Å². The molecule has 9 N–H and O–H groups in total. The first-order valence-electron chi connectivity index (χ1n) is 10.2. The molecule has 0 aliphatic carbocycles. The van der Waals surface area contributed by atoms with Gasteiger partial charge >= 0.3 is 11.9 Å². The number of unbranched alkanes of at least 4 members (excludes halogenated alkanes) is 1. The molecule has 12 heteroatoms. The number of aliphatic carboxylic acids is 2. The maximum absolute atomic E-state index is 12.6. The van der Waals surface area contributed by atoms with Crippen LogP contribution in [0.4, 0.5) is 0 Å². The van der Waals surface area contributed by atoms with Crippen molar-refractivity contribution in [2.24, 2.45) is 17.4 Å². The molecule has 4 atom stereocenters. The molecule has 31 heavy (non-hydrogen) atoms. The van der Waals surface area contributed by atoms with E-state index < -0.39 is 53.8 Å². The molecule has 3 amide bonds. The minimum Gasteiger partial charge on any atom is -0.481 e. The van der Waals surface area contributed by atoms with Crippen LogP contribution in [0.2, 0.25) is 0 Å². The van der Waals surface area contributed by atoms with Crippen LogP contribution >= 0.6 is 0 Å². The van der Waals surface area contributed by atoms with Crippen molar-refractivity contribution in [1.82, 2.24) is 16.0 Å². The molecule has 0 saturated carbocycles. The zero-order valence-electron chi connectivity index (χ0n) is 18.2. The highest BCUT2D eigenvalue weighted by Crippen LogP contribution is 2.05. The average molecular weight is 446 g/mol. The van der Waals surface area contributed by atoms with Gasteiger partial charge in [0.2, 0.25) is 17.7 Å². The molecule has 0 rings (SSSR count). The summed E-state index contributed by atoms with van der Waals surface area (Å²) in [6.45, 7) is 5.16. The van der Waals surface area contributed by atoms with Crippen molar-refractivity contribution in [2.45, 2.75) is 77.0 Å². The number of amides is 3. The summed E-state index contributed by atoms with van der Waals surface area (Å²) in [5.74, 6) is -4.64. The topological polar surface area (TPSA) is 214 Å². The highest BCUT2D eigenvalue weighted by Gasteiger charge is 2.30. The second kappa shape index (κ2) is 14.3. The molecule has 12 nitrogen and oxygen atoms in total. The lowest BCUT2D eigenvalue weighted by molar-refractivity contribution is -0.142. The third-order valence-electron chi connectivity index (χ3n) is 4.57. The zero-order valence-corrected chi connectivity index (χ0v) is 18.2. The Hall–Kier alpha value is -2.73. The lowest BCUT2D eigenvalue weighted by atomic mass is 10.0. The standard InChI is InChI=1S/C19H35N5O7/c1-10(2)15(24-17(28)12(21)7-8-14(25)26)18(29)22-11(3)16(27)23-13(19(30)31)6-4-5-9-20/h10-13,15H,4-9,20-21H2,1-3H3,(H,22,29)(H,23,27)(H,24,28)(H,25,26)(H,30,31). The summed E-state index contributed by atoms with van der Waals surface area (Å²) >= 11 is 0. The first-order chi connectivity index (χ1) is 14.4. The van der Waals surface area contributed by atoms with E-state index in [1.807, 2.05) is 0 Å². The Bertz CT molecular complexity index is 641. The van der Waals surface area contributed by atoms with Crippen LogP contribution in [0.5, 0.6) is 0 Å². The monoisotopic (exact) mass is 445 g/mol. The number of carboxylic acids is 2. The molecule has 4 unspecified atom stereocenters. The molecule has 0 radical (unpaired) electrons. The highest BCUT2D eigenvalue weighted by atomic mass is 16.4. The molecule has 0 aliphatic rings. The fourth-order valence-corrected chi connectivity index (χ4v) is 2.62. The van der Waals surface area contributed by atoms with Gasteiger partial charge in [0, 0.05) is 6.42 Å². The summed E-state index contributed by atoms with van der Waals surface area (Å²) in [5.41, 5.74) is 11.0. The third-order valence-corrected chi connectivity index (χ3v) is 4.57. The molecular weight excluding hydrogens is 410 g/mol. The Balaban J connectivity index is 4.91. The third kappa shape index (κ3) is 11.3. The first-order valence-corrected chi connectivity index (χ1v) is 10.2. The van der Waals surface area contributed by atoms with Gasteiger partial charge in [-0.25, -0.2) is 4.79 Å². The summed E-state index contributed by atoms with van der Waals surface area (Å²) in [6, 6.07) is -4.27. The number of rotatable bonds is 15. The van der Waals surface area contributed by atoms with Gasteiger partial charge in [-0.3, -0.25) is 19.2 Å². The van der Waals surface area contributed by atoms with Crippen LogP contribution in [-0.2, 0) is 24.0 Å². The molecular formula is C19H35N5O7. The van der Waals surface area contributed by atoms with Crippen molar-refractivity contribution in [3.63, 3.8) is 0 Å². The molecule has 178 valence electrons.